The molecule has 0 radical (unpaired) electrons. The highest BCUT2D eigenvalue weighted by molar-refractivity contribution is 5.87. The molecule has 0 N–H and O–H groups in total. The van der Waals surface area contributed by atoms with Gasteiger partial charge >= 0.3 is 0 Å². The van der Waals surface area contributed by atoms with Crippen molar-refractivity contribution in [2.75, 3.05) is 0 Å². The predicted octanol–water partition coefficient (Wildman–Crippen LogP) is 8.65. The van der Waals surface area contributed by atoms with Crippen molar-refractivity contribution in [3.8, 4) is 33.4 Å². The molecule has 4 fully saturated rings. The van der Waals surface area contributed by atoms with Gasteiger partial charge < -0.3 is 0 Å². The zero-order valence-electron chi connectivity index (χ0n) is 20.1. The lowest BCUT2D eigenvalue weighted by molar-refractivity contribution is -0.0399. The van der Waals surface area contributed by atoms with Crippen molar-refractivity contribution in [3.05, 3.63) is 107 Å². The van der Waals surface area contributed by atoms with Crippen LogP contribution in [0.1, 0.15) is 54.4 Å². The minimum atomic E-state index is 0.273. The highest BCUT2D eigenvalue weighted by Gasteiger charge is 2.61. The molecule has 6 aliphatic carbocycles. The SMILES string of the molecule is c1ccc2c(c1)Cc1ccc(-c3ccc4c(c3)-c3ccccc3C43C4CC5CC(C4)CC3C5)cc1-2. The maximum absolute atomic E-state index is 2.55. The van der Waals surface area contributed by atoms with Crippen LogP contribution in [0.3, 0.4) is 0 Å². The fraction of sp³-hybridized carbons (Fsp3) is 0.314. The monoisotopic (exact) mass is 450 g/mol. The van der Waals surface area contributed by atoms with Crippen LogP contribution in [0.5, 0.6) is 0 Å². The summed E-state index contributed by atoms with van der Waals surface area (Å²) in [5.74, 6) is 3.66. The zero-order chi connectivity index (χ0) is 22.7. The summed E-state index contributed by atoms with van der Waals surface area (Å²) in [6.07, 6.45) is 8.38. The summed E-state index contributed by atoms with van der Waals surface area (Å²) in [5, 5.41) is 0. The van der Waals surface area contributed by atoms with Crippen LogP contribution in [0.4, 0.5) is 0 Å². The van der Waals surface area contributed by atoms with Crippen LogP contribution in [0.2, 0.25) is 0 Å². The second kappa shape index (κ2) is 6.55. The molecule has 1 spiro atoms. The molecule has 0 nitrogen and oxygen atoms in total. The molecule has 4 saturated carbocycles. The molecule has 0 unspecified atom stereocenters. The van der Waals surface area contributed by atoms with Crippen LogP contribution in [0, 0.1) is 23.7 Å². The van der Waals surface area contributed by atoms with Gasteiger partial charge in [-0.05, 0) is 130 Å². The van der Waals surface area contributed by atoms with Crippen LogP contribution in [-0.2, 0) is 11.8 Å². The molecular formula is C35H30. The van der Waals surface area contributed by atoms with E-state index >= 15 is 0 Å². The lowest BCUT2D eigenvalue weighted by Gasteiger charge is -2.61. The molecule has 0 atom stereocenters. The van der Waals surface area contributed by atoms with E-state index in [9.17, 15) is 0 Å². The fourth-order valence-corrected chi connectivity index (χ4v) is 9.64. The van der Waals surface area contributed by atoms with Crippen LogP contribution in [0.15, 0.2) is 84.9 Å². The second-order valence-electron chi connectivity index (χ2n) is 12.2. The number of fused-ring (bicyclic) bond motifs is 6. The Morgan fingerprint density at radius 3 is 1.89 bits per heavy atom. The molecule has 4 aromatic rings. The third-order valence-corrected chi connectivity index (χ3v) is 10.7. The van der Waals surface area contributed by atoms with Gasteiger partial charge in [0.05, 0.1) is 0 Å². The van der Waals surface area contributed by atoms with E-state index in [0.717, 1.165) is 30.1 Å². The minimum Gasteiger partial charge on any atom is -0.0619 e. The van der Waals surface area contributed by atoms with Crippen molar-refractivity contribution in [3.63, 3.8) is 0 Å². The number of rotatable bonds is 1. The Labute approximate surface area is 208 Å². The summed E-state index contributed by atoms with van der Waals surface area (Å²) in [7, 11) is 0. The van der Waals surface area contributed by atoms with Crippen molar-refractivity contribution in [2.24, 2.45) is 23.7 Å². The van der Waals surface area contributed by atoms with Gasteiger partial charge in [0, 0.05) is 5.41 Å². The van der Waals surface area contributed by atoms with Crippen molar-refractivity contribution in [1.82, 2.24) is 0 Å². The van der Waals surface area contributed by atoms with Crippen molar-refractivity contribution >= 4 is 0 Å². The zero-order valence-corrected chi connectivity index (χ0v) is 20.1. The van der Waals surface area contributed by atoms with Gasteiger partial charge in [0.2, 0.25) is 0 Å². The highest BCUT2D eigenvalue weighted by atomic mass is 14.6. The molecule has 0 heteroatoms. The van der Waals surface area contributed by atoms with E-state index in [1.54, 1.807) is 11.1 Å². The summed E-state index contributed by atoms with van der Waals surface area (Å²) in [6.45, 7) is 0. The molecule has 170 valence electrons. The maximum Gasteiger partial charge on any atom is 0.0271 e. The van der Waals surface area contributed by atoms with E-state index in [2.05, 4.69) is 84.9 Å². The molecule has 4 bridgehead atoms. The average molecular weight is 451 g/mol. The van der Waals surface area contributed by atoms with Gasteiger partial charge in [-0.25, -0.2) is 0 Å². The lowest BCUT2D eigenvalue weighted by Crippen LogP contribution is -2.55. The van der Waals surface area contributed by atoms with Crippen molar-refractivity contribution < 1.29 is 0 Å². The molecule has 0 heterocycles. The normalized spacial score (nSPS) is 30.3. The summed E-state index contributed by atoms with van der Waals surface area (Å²) >= 11 is 0. The van der Waals surface area contributed by atoms with Crippen LogP contribution >= 0.6 is 0 Å². The summed E-state index contributed by atoms with van der Waals surface area (Å²) in [5.41, 5.74) is 15.1. The van der Waals surface area contributed by atoms with Crippen LogP contribution in [0.25, 0.3) is 33.4 Å². The second-order valence-corrected chi connectivity index (χ2v) is 12.2. The predicted molar refractivity (Wildman–Crippen MR) is 143 cm³/mol. The first kappa shape index (κ1) is 19.1. The van der Waals surface area contributed by atoms with Gasteiger partial charge in [-0.2, -0.15) is 0 Å². The smallest absolute Gasteiger partial charge is 0.0271 e. The number of benzene rings is 4. The number of hydrogen-bond donors (Lipinski definition) is 0. The van der Waals surface area contributed by atoms with E-state index in [4.69, 9.17) is 0 Å². The molecular weight excluding hydrogens is 420 g/mol. The van der Waals surface area contributed by atoms with E-state index in [1.165, 1.54) is 76.6 Å². The van der Waals surface area contributed by atoms with Gasteiger partial charge in [-0.3, -0.25) is 0 Å². The van der Waals surface area contributed by atoms with Crippen molar-refractivity contribution in [2.45, 2.75) is 43.9 Å². The fourth-order valence-electron chi connectivity index (χ4n) is 9.64. The Balaban J connectivity index is 1.22. The van der Waals surface area contributed by atoms with Crippen molar-refractivity contribution in [1.29, 1.82) is 0 Å². The Bertz CT molecular complexity index is 1510. The lowest BCUT2D eigenvalue weighted by atomic mass is 9.43. The van der Waals surface area contributed by atoms with Gasteiger partial charge in [0.25, 0.3) is 0 Å². The quantitative estimate of drug-likeness (QED) is 0.240. The summed E-state index contributed by atoms with van der Waals surface area (Å²) in [6, 6.07) is 33.1. The Morgan fingerprint density at radius 1 is 0.486 bits per heavy atom. The molecule has 0 aromatic heterocycles. The number of hydrogen-bond acceptors (Lipinski definition) is 0. The third-order valence-electron chi connectivity index (χ3n) is 10.7. The first-order valence-corrected chi connectivity index (χ1v) is 13.7. The standard InChI is InChI=1S/C35H30/c1-2-6-29-25(5-1)18-26-10-9-23(19-31(26)29)24-11-12-34-32(20-24)30-7-3-4-8-33(30)35(34)27-14-21-13-22(16-27)17-28(35)15-21/h1-12,19-22,27-28H,13-18H2. The van der Waals surface area contributed by atoms with Gasteiger partial charge in [-0.15, -0.1) is 0 Å². The first-order valence-electron chi connectivity index (χ1n) is 13.7. The third kappa shape index (κ3) is 2.34. The van der Waals surface area contributed by atoms with Gasteiger partial charge in [0.1, 0.15) is 0 Å². The topological polar surface area (TPSA) is 0 Å². The van der Waals surface area contributed by atoms with Gasteiger partial charge in [-0.1, -0.05) is 72.8 Å². The Morgan fingerprint density at radius 2 is 1.09 bits per heavy atom. The van der Waals surface area contributed by atoms with Gasteiger partial charge in [0.15, 0.2) is 0 Å². The van der Waals surface area contributed by atoms with Crippen LogP contribution in [-0.4, -0.2) is 0 Å². The van der Waals surface area contributed by atoms with Crippen LogP contribution < -0.4 is 0 Å². The Kier molecular flexibility index (Phi) is 3.58. The summed E-state index contributed by atoms with van der Waals surface area (Å²) < 4.78 is 0. The average Bonchev–Trinajstić information content (AvgIpc) is 3.40. The molecule has 0 saturated heterocycles. The molecule has 35 heavy (non-hydrogen) atoms. The Hall–Kier alpha value is -3.12. The molecule has 10 rings (SSSR count). The van der Waals surface area contributed by atoms with E-state index < -0.39 is 0 Å². The molecule has 4 aromatic carbocycles. The largest absolute Gasteiger partial charge is 0.0619 e. The molecule has 6 aliphatic rings. The summed E-state index contributed by atoms with van der Waals surface area (Å²) in [4.78, 5) is 0. The van der Waals surface area contributed by atoms with E-state index in [1.807, 2.05) is 0 Å². The maximum atomic E-state index is 2.55. The van der Waals surface area contributed by atoms with E-state index in [0.29, 0.717) is 0 Å². The molecule has 0 amide bonds. The highest BCUT2D eigenvalue weighted by Crippen LogP contribution is 2.69. The van der Waals surface area contributed by atoms with E-state index in [-0.39, 0.29) is 5.41 Å². The first-order chi connectivity index (χ1) is 17.3. The minimum absolute atomic E-state index is 0.273. The molecule has 0 aliphatic heterocycles.